The smallest absolute Gasteiger partial charge is 0.184 e. The van der Waals surface area contributed by atoms with Crippen LogP contribution in [-0.2, 0) is 0 Å². The Hall–Kier alpha value is -3.16. The van der Waals surface area contributed by atoms with E-state index in [2.05, 4.69) is 10.5 Å². The fraction of sp³-hybridized carbons (Fsp3) is 0.0476. The number of aliphatic hydroxyl groups excluding tert-OH is 1. The molecule has 7 heteroatoms. The summed E-state index contributed by atoms with van der Waals surface area (Å²) in [4.78, 5) is 0. The van der Waals surface area contributed by atoms with E-state index in [0.29, 0.717) is 28.0 Å². The molecule has 142 valence electrons. The third kappa shape index (κ3) is 4.76. The molecule has 0 aliphatic carbocycles. The Kier molecular flexibility index (Phi) is 6.08. The minimum atomic E-state index is -0.946. The standard InChI is InChI=1S/C21H17F2N3OS/c22-17-8-4-13(5-9-17)19(25-26-21(24)28)15-2-1-3-16(12-15)20(27)14-6-10-18(23)11-7-14/h1-12,20,27H,(H3,24,26,28). The zero-order valence-corrected chi connectivity index (χ0v) is 15.5. The van der Waals surface area contributed by atoms with Crippen LogP contribution in [0, 0.1) is 11.6 Å². The molecule has 0 radical (unpaired) electrons. The lowest BCUT2D eigenvalue weighted by atomic mass is 9.96. The van der Waals surface area contributed by atoms with Gasteiger partial charge in [0.25, 0.3) is 0 Å². The Morgan fingerprint density at radius 2 is 1.50 bits per heavy atom. The molecule has 0 spiro atoms. The second kappa shape index (κ2) is 8.69. The van der Waals surface area contributed by atoms with Crippen LogP contribution in [0.3, 0.4) is 0 Å². The molecule has 0 aliphatic heterocycles. The summed E-state index contributed by atoms with van der Waals surface area (Å²) in [6, 6.07) is 18.5. The topological polar surface area (TPSA) is 70.6 Å². The van der Waals surface area contributed by atoms with Crippen molar-refractivity contribution >= 4 is 23.0 Å². The third-order valence-corrected chi connectivity index (χ3v) is 4.15. The Morgan fingerprint density at radius 1 is 0.893 bits per heavy atom. The molecule has 4 nitrogen and oxygen atoms in total. The first-order chi connectivity index (χ1) is 13.4. The minimum Gasteiger partial charge on any atom is -0.384 e. The van der Waals surface area contributed by atoms with E-state index >= 15 is 0 Å². The molecule has 0 saturated heterocycles. The normalized spacial score (nSPS) is 12.5. The first kappa shape index (κ1) is 19.6. The molecule has 0 bridgehead atoms. The van der Waals surface area contributed by atoms with Crippen LogP contribution in [0.2, 0.25) is 0 Å². The number of nitrogens with zero attached hydrogens (tertiary/aromatic N) is 1. The number of halogens is 2. The molecule has 0 saturated carbocycles. The van der Waals surface area contributed by atoms with E-state index in [1.54, 1.807) is 36.4 Å². The lowest BCUT2D eigenvalue weighted by Crippen LogP contribution is -2.26. The lowest BCUT2D eigenvalue weighted by Gasteiger charge is -2.14. The molecule has 3 rings (SSSR count). The zero-order valence-electron chi connectivity index (χ0n) is 14.6. The molecule has 0 fully saturated rings. The van der Waals surface area contributed by atoms with Gasteiger partial charge in [-0.05, 0) is 65.8 Å². The van der Waals surface area contributed by atoms with Crippen LogP contribution in [0.25, 0.3) is 0 Å². The van der Waals surface area contributed by atoms with Gasteiger partial charge in [0.05, 0.1) is 5.71 Å². The van der Waals surface area contributed by atoms with Crippen LogP contribution in [-0.4, -0.2) is 15.9 Å². The molecule has 3 aromatic carbocycles. The van der Waals surface area contributed by atoms with E-state index in [-0.39, 0.29) is 16.7 Å². The number of nitrogens with one attached hydrogen (secondary N) is 1. The fourth-order valence-electron chi connectivity index (χ4n) is 2.71. The predicted octanol–water partition coefficient (Wildman–Crippen LogP) is 3.63. The number of hydrazone groups is 1. The van der Waals surface area contributed by atoms with Crippen molar-refractivity contribution in [2.45, 2.75) is 6.10 Å². The van der Waals surface area contributed by atoms with Crippen LogP contribution < -0.4 is 11.2 Å². The number of benzene rings is 3. The highest BCUT2D eigenvalue weighted by molar-refractivity contribution is 7.80. The molecule has 1 atom stereocenters. The Labute approximate surface area is 166 Å². The van der Waals surface area contributed by atoms with Crippen LogP contribution in [0.1, 0.15) is 28.4 Å². The molecular formula is C21H17F2N3OS. The number of aliphatic hydroxyl groups is 1. The lowest BCUT2D eigenvalue weighted by molar-refractivity contribution is 0.220. The number of rotatable bonds is 5. The summed E-state index contributed by atoms with van der Waals surface area (Å²) in [6.45, 7) is 0. The second-order valence-electron chi connectivity index (χ2n) is 6.02. The summed E-state index contributed by atoms with van der Waals surface area (Å²) in [5, 5.41) is 14.9. The highest BCUT2D eigenvalue weighted by Crippen LogP contribution is 2.24. The maximum atomic E-state index is 13.3. The molecule has 3 aromatic rings. The average molecular weight is 397 g/mol. The summed E-state index contributed by atoms with van der Waals surface area (Å²) in [5.74, 6) is -0.745. The van der Waals surface area contributed by atoms with Crippen molar-refractivity contribution in [1.29, 1.82) is 0 Å². The van der Waals surface area contributed by atoms with Gasteiger partial charge in [-0.2, -0.15) is 5.10 Å². The third-order valence-electron chi connectivity index (χ3n) is 4.06. The van der Waals surface area contributed by atoms with Gasteiger partial charge in [0.2, 0.25) is 0 Å². The zero-order chi connectivity index (χ0) is 20.1. The first-order valence-corrected chi connectivity index (χ1v) is 8.78. The summed E-state index contributed by atoms with van der Waals surface area (Å²) in [5.41, 5.74) is 10.9. The van der Waals surface area contributed by atoms with Crippen LogP contribution in [0.15, 0.2) is 77.9 Å². The van der Waals surface area contributed by atoms with Crippen molar-refractivity contribution in [1.82, 2.24) is 5.43 Å². The van der Waals surface area contributed by atoms with Crippen LogP contribution in [0.4, 0.5) is 8.78 Å². The summed E-state index contributed by atoms with van der Waals surface area (Å²) in [6.07, 6.45) is -0.946. The number of hydrogen-bond acceptors (Lipinski definition) is 3. The monoisotopic (exact) mass is 397 g/mol. The first-order valence-electron chi connectivity index (χ1n) is 8.37. The number of thiocarbonyl (C=S) groups is 1. The Bertz CT molecular complexity index is 1000. The second-order valence-corrected chi connectivity index (χ2v) is 6.46. The highest BCUT2D eigenvalue weighted by Gasteiger charge is 2.14. The van der Waals surface area contributed by atoms with Crippen LogP contribution >= 0.6 is 12.2 Å². The minimum absolute atomic E-state index is 0.0119. The van der Waals surface area contributed by atoms with Gasteiger partial charge in [-0.15, -0.1) is 0 Å². The maximum absolute atomic E-state index is 13.3. The molecule has 4 N–H and O–H groups in total. The van der Waals surface area contributed by atoms with Gasteiger partial charge in [0, 0.05) is 11.1 Å². The van der Waals surface area contributed by atoms with Crippen molar-refractivity contribution in [2.24, 2.45) is 10.8 Å². The summed E-state index contributed by atoms with van der Waals surface area (Å²) in [7, 11) is 0. The van der Waals surface area contributed by atoms with E-state index in [9.17, 15) is 13.9 Å². The molecule has 1 unspecified atom stereocenters. The number of nitrogens with two attached hydrogens (primary N) is 1. The van der Waals surface area contributed by atoms with Crippen LogP contribution in [0.5, 0.6) is 0 Å². The fourth-order valence-corrected chi connectivity index (χ4v) is 2.75. The molecule has 28 heavy (non-hydrogen) atoms. The number of hydrogen-bond donors (Lipinski definition) is 3. The van der Waals surface area contributed by atoms with Gasteiger partial charge in [0.15, 0.2) is 5.11 Å². The SMILES string of the molecule is NC(=S)NN=C(c1ccc(F)cc1)c1cccc(C(O)c2ccc(F)cc2)c1. The molecule has 0 aromatic heterocycles. The van der Waals surface area contributed by atoms with E-state index < -0.39 is 6.10 Å². The van der Waals surface area contributed by atoms with E-state index in [1.165, 1.54) is 36.4 Å². The Morgan fingerprint density at radius 3 is 2.11 bits per heavy atom. The predicted molar refractivity (Wildman–Crippen MR) is 109 cm³/mol. The van der Waals surface area contributed by atoms with E-state index in [0.717, 1.165) is 0 Å². The quantitative estimate of drug-likeness (QED) is 0.349. The van der Waals surface area contributed by atoms with Crippen molar-refractivity contribution in [3.8, 4) is 0 Å². The van der Waals surface area contributed by atoms with Gasteiger partial charge in [0.1, 0.15) is 17.7 Å². The maximum Gasteiger partial charge on any atom is 0.184 e. The average Bonchev–Trinajstić information content (AvgIpc) is 2.69. The van der Waals surface area contributed by atoms with Gasteiger partial charge >= 0.3 is 0 Å². The van der Waals surface area contributed by atoms with Crippen molar-refractivity contribution < 1.29 is 13.9 Å². The molecule has 0 amide bonds. The van der Waals surface area contributed by atoms with Gasteiger partial charge in [-0.1, -0.05) is 30.3 Å². The molecule has 0 aliphatic rings. The van der Waals surface area contributed by atoms with Gasteiger partial charge in [-0.25, -0.2) is 8.78 Å². The summed E-state index contributed by atoms with van der Waals surface area (Å²) >= 11 is 4.81. The van der Waals surface area contributed by atoms with Gasteiger partial charge < -0.3 is 10.8 Å². The van der Waals surface area contributed by atoms with E-state index in [1.807, 2.05) is 0 Å². The molecule has 0 heterocycles. The van der Waals surface area contributed by atoms with Crippen molar-refractivity contribution in [2.75, 3.05) is 0 Å². The van der Waals surface area contributed by atoms with Gasteiger partial charge in [-0.3, -0.25) is 5.43 Å². The Balaban J connectivity index is 2.00. The molecular weight excluding hydrogens is 380 g/mol. The largest absolute Gasteiger partial charge is 0.384 e. The van der Waals surface area contributed by atoms with Crippen molar-refractivity contribution in [3.05, 3.63) is 107 Å². The van der Waals surface area contributed by atoms with Crippen molar-refractivity contribution in [3.63, 3.8) is 0 Å². The van der Waals surface area contributed by atoms with E-state index in [4.69, 9.17) is 18.0 Å². The highest BCUT2D eigenvalue weighted by atomic mass is 32.1. The summed E-state index contributed by atoms with van der Waals surface area (Å²) < 4.78 is 26.4.